The minimum Gasteiger partial charge on any atom is -0.381 e. The average molecular weight is 284 g/mol. The molecule has 0 aromatic heterocycles. The van der Waals surface area contributed by atoms with Crippen LogP contribution in [0, 0.1) is 0 Å². The van der Waals surface area contributed by atoms with E-state index in [1.807, 2.05) is 61.5 Å². The van der Waals surface area contributed by atoms with E-state index in [0.29, 0.717) is 13.2 Å². The fourth-order valence-corrected chi connectivity index (χ4v) is 2.89. The van der Waals surface area contributed by atoms with E-state index in [-0.39, 0.29) is 0 Å². The molecule has 0 amide bonds. The van der Waals surface area contributed by atoms with Gasteiger partial charge < -0.3 is 14.6 Å². The van der Waals surface area contributed by atoms with Crippen LogP contribution < -0.4 is 0 Å². The summed E-state index contributed by atoms with van der Waals surface area (Å²) in [6.45, 7) is 4.84. The minimum atomic E-state index is -1.10. The summed E-state index contributed by atoms with van der Waals surface area (Å²) in [4.78, 5) is 0. The van der Waals surface area contributed by atoms with Gasteiger partial charge in [-0.25, -0.2) is 0 Å². The SMILES string of the molecule is CC1(c2ccccc2C(C)(O)c2ccccc2)OCCO1. The first-order valence-corrected chi connectivity index (χ1v) is 7.20. The van der Waals surface area contributed by atoms with Crippen molar-refractivity contribution in [3.8, 4) is 0 Å². The average Bonchev–Trinajstić information content (AvgIpc) is 2.96. The van der Waals surface area contributed by atoms with Gasteiger partial charge in [0.05, 0.1) is 13.2 Å². The van der Waals surface area contributed by atoms with E-state index in [4.69, 9.17) is 9.47 Å². The predicted octanol–water partition coefficient (Wildman–Crippen LogP) is 3.16. The van der Waals surface area contributed by atoms with Crippen LogP contribution in [0.4, 0.5) is 0 Å². The summed E-state index contributed by atoms with van der Waals surface area (Å²) in [6.07, 6.45) is 0. The number of hydrogen-bond donors (Lipinski definition) is 1. The largest absolute Gasteiger partial charge is 0.381 e. The summed E-state index contributed by atoms with van der Waals surface area (Å²) in [6, 6.07) is 17.4. The van der Waals surface area contributed by atoms with E-state index in [9.17, 15) is 5.11 Å². The van der Waals surface area contributed by atoms with Gasteiger partial charge in [0.25, 0.3) is 0 Å². The Morgan fingerprint density at radius 2 is 1.52 bits per heavy atom. The van der Waals surface area contributed by atoms with Crippen molar-refractivity contribution in [2.45, 2.75) is 25.2 Å². The standard InChI is InChI=1S/C18H20O3/c1-17(19,14-8-4-3-5-9-14)15-10-6-7-11-16(15)18(2)20-12-13-21-18/h3-11,19H,12-13H2,1-2H3. The van der Waals surface area contributed by atoms with Gasteiger partial charge in [-0.05, 0) is 25.0 Å². The highest BCUT2D eigenvalue weighted by Crippen LogP contribution is 2.39. The third-order valence-corrected chi connectivity index (χ3v) is 4.11. The third-order valence-electron chi connectivity index (χ3n) is 4.11. The number of rotatable bonds is 3. The highest BCUT2D eigenvalue weighted by molar-refractivity contribution is 5.42. The van der Waals surface area contributed by atoms with Crippen molar-refractivity contribution in [3.63, 3.8) is 0 Å². The summed E-state index contributed by atoms with van der Waals surface area (Å²) in [5, 5.41) is 11.1. The Kier molecular flexibility index (Phi) is 3.57. The molecule has 1 atom stereocenters. The van der Waals surface area contributed by atoms with Crippen LogP contribution in [-0.2, 0) is 20.9 Å². The maximum absolute atomic E-state index is 11.1. The summed E-state index contributed by atoms with van der Waals surface area (Å²) in [5.41, 5.74) is 1.42. The molecule has 0 radical (unpaired) electrons. The van der Waals surface area contributed by atoms with Gasteiger partial charge >= 0.3 is 0 Å². The zero-order valence-electron chi connectivity index (χ0n) is 12.4. The van der Waals surface area contributed by atoms with Crippen molar-refractivity contribution in [3.05, 3.63) is 71.3 Å². The third kappa shape index (κ3) is 2.48. The second-order valence-corrected chi connectivity index (χ2v) is 5.63. The normalized spacial score (nSPS) is 20.1. The lowest BCUT2D eigenvalue weighted by molar-refractivity contribution is -0.151. The maximum Gasteiger partial charge on any atom is 0.192 e. The smallest absolute Gasteiger partial charge is 0.192 e. The fourth-order valence-electron chi connectivity index (χ4n) is 2.89. The molecule has 1 fully saturated rings. The molecule has 1 saturated heterocycles. The van der Waals surface area contributed by atoms with Gasteiger partial charge in [-0.2, -0.15) is 0 Å². The summed E-state index contributed by atoms with van der Waals surface area (Å²) in [5.74, 6) is -0.796. The van der Waals surface area contributed by atoms with Crippen LogP contribution in [0.3, 0.4) is 0 Å². The zero-order chi connectivity index (χ0) is 14.9. The van der Waals surface area contributed by atoms with Gasteiger partial charge in [0.2, 0.25) is 0 Å². The Labute approximate surface area is 125 Å². The predicted molar refractivity (Wildman–Crippen MR) is 80.8 cm³/mol. The van der Waals surface area contributed by atoms with E-state index >= 15 is 0 Å². The molecule has 1 N–H and O–H groups in total. The van der Waals surface area contributed by atoms with Crippen molar-refractivity contribution < 1.29 is 14.6 Å². The zero-order valence-corrected chi connectivity index (χ0v) is 12.4. The number of aliphatic hydroxyl groups is 1. The van der Waals surface area contributed by atoms with Gasteiger partial charge in [-0.15, -0.1) is 0 Å². The second-order valence-electron chi connectivity index (χ2n) is 5.63. The molecule has 1 aliphatic heterocycles. The molecule has 0 saturated carbocycles. The molecular formula is C18H20O3. The van der Waals surface area contributed by atoms with E-state index in [1.165, 1.54) is 0 Å². The summed E-state index contributed by atoms with van der Waals surface area (Å²) >= 11 is 0. The van der Waals surface area contributed by atoms with E-state index in [0.717, 1.165) is 16.7 Å². The molecule has 2 aromatic rings. The Hall–Kier alpha value is -1.68. The van der Waals surface area contributed by atoms with E-state index < -0.39 is 11.4 Å². The Bertz CT molecular complexity index is 613. The maximum atomic E-state index is 11.1. The lowest BCUT2D eigenvalue weighted by atomic mass is 9.83. The van der Waals surface area contributed by atoms with Crippen LogP contribution >= 0.6 is 0 Å². The van der Waals surface area contributed by atoms with Crippen molar-refractivity contribution in [1.82, 2.24) is 0 Å². The molecule has 0 bridgehead atoms. The highest BCUT2D eigenvalue weighted by Gasteiger charge is 2.39. The highest BCUT2D eigenvalue weighted by atomic mass is 16.7. The molecule has 21 heavy (non-hydrogen) atoms. The van der Waals surface area contributed by atoms with Crippen molar-refractivity contribution >= 4 is 0 Å². The molecule has 0 aliphatic carbocycles. The lowest BCUT2D eigenvalue weighted by Gasteiger charge is -2.32. The van der Waals surface area contributed by atoms with E-state index in [2.05, 4.69) is 0 Å². The lowest BCUT2D eigenvalue weighted by Crippen LogP contribution is -2.31. The molecular weight excluding hydrogens is 264 g/mol. The van der Waals surface area contributed by atoms with Crippen LogP contribution in [0.25, 0.3) is 0 Å². The molecule has 1 heterocycles. The van der Waals surface area contributed by atoms with Gasteiger partial charge in [-0.3, -0.25) is 0 Å². The van der Waals surface area contributed by atoms with Crippen LogP contribution in [0.5, 0.6) is 0 Å². The van der Waals surface area contributed by atoms with Crippen LogP contribution in [-0.4, -0.2) is 18.3 Å². The first-order valence-electron chi connectivity index (χ1n) is 7.20. The first kappa shape index (κ1) is 14.3. The van der Waals surface area contributed by atoms with Crippen molar-refractivity contribution in [1.29, 1.82) is 0 Å². The van der Waals surface area contributed by atoms with Crippen LogP contribution in [0.1, 0.15) is 30.5 Å². The van der Waals surface area contributed by atoms with Gasteiger partial charge in [0, 0.05) is 5.56 Å². The molecule has 1 aliphatic rings. The quantitative estimate of drug-likeness (QED) is 0.941. The van der Waals surface area contributed by atoms with Crippen LogP contribution in [0.2, 0.25) is 0 Å². The number of benzene rings is 2. The molecule has 1 unspecified atom stereocenters. The summed E-state index contributed by atoms with van der Waals surface area (Å²) < 4.78 is 11.5. The van der Waals surface area contributed by atoms with E-state index in [1.54, 1.807) is 6.92 Å². The van der Waals surface area contributed by atoms with Gasteiger partial charge in [0.1, 0.15) is 5.60 Å². The molecule has 3 nitrogen and oxygen atoms in total. The van der Waals surface area contributed by atoms with Crippen molar-refractivity contribution in [2.24, 2.45) is 0 Å². The fraction of sp³-hybridized carbons (Fsp3) is 0.333. The Morgan fingerprint density at radius 1 is 0.952 bits per heavy atom. The Balaban J connectivity index is 2.11. The molecule has 110 valence electrons. The molecule has 2 aromatic carbocycles. The van der Waals surface area contributed by atoms with Crippen LogP contribution in [0.15, 0.2) is 54.6 Å². The van der Waals surface area contributed by atoms with Gasteiger partial charge in [-0.1, -0.05) is 54.6 Å². The molecule has 3 rings (SSSR count). The summed E-state index contributed by atoms with van der Waals surface area (Å²) in [7, 11) is 0. The number of hydrogen-bond acceptors (Lipinski definition) is 3. The monoisotopic (exact) mass is 284 g/mol. The van der Waals surface area contributed by atoms with Gasteiger partial charge in [0.15, 0.2) is 5.79 Å². The first-order chi connectivity index (χ1) is 10.0. The molecule has 3 heteroatoms. The topological polar surface area (TPSA) is 38.7 Å². The number of ether oxygens (including phenoxy) is 2. The Morgan fingerprint density at radius 3 is 2.19 bits per heavy atom. The minimum absolute atomic E-state index is 0.568. The second kappa shape index (κ2) is 5.26. The molecule has 0 spiro atoms. The van der Waals surface area contributed by atoms with Crippen molar-refractivity contribution in [2.75, 3.05) is 13.2 Å².